The maximum atomic E-state index is 13.1. The van der Waals surface area contributed by atoms with Crippen molar-refractivity contribution in [2.75, 3.05) is 5.32 Å². The highest BCUT2D eigenvalue weighted by Crippen LogP contribution is 2.31. The summed E-state index contributed by atoms with van der Waals surface area (Å²) < 4.78 is 18.5. The summed E-state index contributed by atoms with van der Waals surface area (Å²) in [5.41, 5.74) is 0.867. The van der Waals surface area contributed by atoms with Gasteiger partial charge in [-0.25, -0.2) is 9.37 Å². The molecule has 3 aromatic heterocycles. The molecule has 0 atom stereocenters. The van der Waals surface area contributed by atoms with Crippen molar-refractivity contribution in [3.05, 3.63) is 76.8 Å². The van der Waals surface area contributed by atoms with Gasteiger partial charge in [0.05, 0.1) is 5.39 Å². The Bertz CT molecular complexity index is 1200. The Kier molecular flexibility index (Phi) is 5.51. The first-order valence-corrected chi connectivity index (χ1v) is 8.69. The average Bonchev–Trinajstić information content (AvgIpc) is 3.20. The number of nitriles is 1. The van der Waals surface area contributed by atoms with Crippen LogP contribution in [-0.2, 0) is 0 Å². The Morgan fingerprint density at radius 3 is 2.57 bits per heavy atom. The standard InChI is InChI=1S/C19H11FN4O2.C2H6/c20-11-1-3-12(4-2-11)24-18-17-14(7-8-22-19(17)25)15(10-23-18)16-6-5-13(9-21)26-16;1-2/h1-8,10H,(H,22,25)(H,23,24);1-2H3. The summed E-state index contributed by atoms with van der Waals surface area (Å²) in [7, 11) is 0. The molecule has 1 aromatic carbocycles. The number of pyridine rings is 2. The quantitative estimate of drug-likeness (QED) is 0.527. The largest absolute Gasteiger partial charge is 0.446 e. The number of hydrogen-bond acceptors (Lipinski definition) is 5. The van der Waals surface area contributed by atoms with Gasteiger partial charge in [-0.3, -0.25) is 4.79 Å². The maximum absolute atomic E-state index is 13.1. The summed E-state index contributed by atoms with van der Waals surface area (Å²) in [6.07, 6.45) is 3.09. The summed E-state index contributed by atoms with van der Waals surface area (Å²) in [5.74, 6) is 0.599. The van der Waals surface area contributed by atoms with Crippen LogP contribution in [0.15, 0.2) is 64.1 Å². The fourth-order valence-electron chi connectivity index (χ4n) is 2.71. The number of fused-ring (bicyclic) bond motifs is 1. The highest BCUT2D eigenvalue weighted by molar-refractivity contribution is 6.01. The topological polar surface area (TPSA) is 94.7 Å². The van der Waals surface area contributed by atoms with Crippen LogP contribution in [0.25, 0.3) is 22.1 Å². The van der Waals surface area contributed by atoms with Crippen molar-refractivity contribution in [1.82, 2.24) is 9.97 Å². The number of benzene rings is 1. The van der Waals surface area contributed by atoms with Gasteiger partial charge < -0.3 is 14.7 Å². The fraction of sp³-hybridized carbons (Fsp3) is 0.0952. The Labute approximate surface area is 160 Å². The first-order chi connectivity index (χ1) is 13.7. The predicted molar refractivity (Wildman–Crippen MR) is 106 cm³/mol. The molecule has 0 amide bonds. The second-order valence-corrected chi connectivity index (χ2v) is 5.52. The number of H-pyrrole nitrogens is 1. The Morgan fingerprint density at radius 2 is 1.89 bits per heavy atom. The number of nitrogens with one attached hydrogen (secondary N) is 2. The number of rotatable bonds is 3. The molecule has 0 bridgehead atoms. The van der Waals surface area contributed by atoms with Gasteiger partial charge in [0, 0.05) is 29.0 Å². The van der Waals surface area contributed by atoms with E-state index in [0.29, 0.717) is 33.6 Å². The zero-order chi connectivity index (χ0) is 20.1. The number of anilines is 2. The zero-order valence-electron chi connectivity index (χ0n) is 15.3. The molecular weight excluding hydrogens is 359 g/mol. The number of furan rings is 1. The van der Waals surface area contributed by atoms with Gasteiger partial charge in [-0.05, 0) is 42.5 Å². The predicted octanol–water partition coefficient (Wildman–Crippen LogP) is 4.96. The molecule has 0 aliphatic carbocycles. The maximum Gasteiger partial charge on any atom is 0.259 e. The normalized spacial score (nSPS) is 10.1. The van der Waals surface area contributed by atoms with Gasteiger partial charge in [-0.1, -0.05) is 13.8 Å². The van der Waals surface area contributed by atoms with Crippen molar-refractivity contribution in [3.8, 4) is 17.4 Å². The number of hydrogen-bond donors (Lipinski definition) is 2. The monoisotopic (exact) mass is 376 g/mol. The van der Waals surface area contributed by atoms with Gasteiger partial charge in [0.2, 0.25) is 5.76 Å². The van der Waals surface area contributed by atoms with Crippen LogP contribution in [0.2, 0.25) is 0 Å². The lowest BCUT2D eigenvalue weighted by molar-refractivity contribution is 0.568. The van der Waals surface area contributed by atoms with E-state index in [9.17, 15) is 9.18 Å². The van der Waals surface area contributed by atoms with E-state index in [-0.39, 0.29) is 17.1 Å². The molecule has 0 spiro atoms. The molecule has 0 saturated carbocycles. The van der Waals surface area contributed by atoms with E-state index in [0.717, 1.165) is 0 Å². The van der Waals surface area contributed by atoms with E-state index in [1.165, 1.54) is 18.3 Å². The Hall–Kier alpha value is -3.92. The van der Waals surface area contributed by atoms with Crippen molar-refractivity contribution < 1.29 is 8.81 Å². The third-order valence-corrected chi connectivity index (χ3v) is 3.90. The van der Waals surface area contributed by atoms with Gasteiger partial charge in [-0.2, -0.15) is 5.26 Å². The molecule has 0 radical (unpaired) electrons. The molecule has 4 rings (SSSR count). The average molecular weight is 376 g/mol. The van der Waals surface area contributed by atoms with Crippen molar-refractivity contribution in [2.45, 2.75) is 13.8 Å². The van der Waals surface area contributed by atoms with Crippen molar-refractivity contribution >= 4 is 22.3 Å². The van der Waals surface area contributed by atoms with Gasteiger partial charge >= 0.3 is 0 Å². The highest BCUT2D eigenvalue weighted by atomic mass is 19.1. The van der Waals surface area contributed by atoms with Crippen LogP contribution < -0.4 is 10.9 Å². The van der Waals surface area contributed by atoms with Gasteiger partial charge in [-0.15, -0.1) is 0 Å². The van der Waals surface area contributed by atoms with Crippen molar-refractivity contribution in [3.63, 3.8) is 0 Å². The Morgan fingerprint density at radius 1 is 1.14 bits per heavy atom. The zero-order valence-corrected chi connectivity index (χ0v) is 15.3. The van der Waals surface area contributed by atoms with Crippen LogP contribution in [0.1, 0.15) is 19.6 Å². The van der Waals surface area contributed by atoms with Gasteiger partial charge in [0.15, 0.2) is 0 Å². The minimum atomic E-state index is -0.354. The first kappa shape index (κ1) is 18.9. The minimum absolute atomic E-state index is 0.173. The van der Waals surface area contributed by atoms with Crippen LogP contribution in [0.3, 0.4) is 0 Å². The molecule has 140 valence electrons. The van der Waals surface area contributed by atoms with E-state index in [4.69, 9.17) is 9.68 Å². The molecule has 0 unspecified atom stereocenters. The smallest absolute Gasteiger partial charge is 0.259 e. The lowest BCUT2D eigenvalue weighted by Gasteiger charge is -2.10. The van der Waals surface area contributed by atoms with Crippen molar-refractivity contribution in [1.29, 1.82) is 5.26 Å². The van der Waals surface area contributed by atoms with E-state index in [1.807, 2.05) is 19.9 Å². The van der Waals surface area contributed by atoms with Crippen molar-refractivity contribution in [2.24, 2.45) is 0 Å². The molecule has 28 heavy (non-hydrogen) atoms. The molecule has 6 nitrogen and oxygen atoms in total. The second-order valence-electron chi connectivity index (χ2n) is 5.52. The SMILES string of the molecule is CC.N#Cc1ccc(-c2cnc(Nc3ccc(F)cc3)c3c(=O)[nH]ccc23)o1. The molecule has 2 N–H and O–H groups in total. The van der Waals surface area contributed by atoms with Crippen LogP contribution in [-0.4, -0.2) is 9.97 Å². The number of nitrogens with zero attached hydrogens (tertiary/aromatic N) is 2. The second kappa shape index (κ2) is 8.18. The molecule has 0 aliphatic rings. The third-order valence-electron chi connectivity index (χ3n) is 3.90. The molecule has 0 aliphatic heterocycles. The summed E-state index contributed by atoms with van der Waals surface area (Å²) in [6.45, 7) is 4.00. The van der Waals surface area contributed by atoms with Crippen LogP contribution in [0, 0.1) is 17.1 Å². The lowest BCUT2D eigenvalue weighted by Crippen LogP contribution is -2.09. The number of aromatic amines is 1. The van der Waals surface area contributed by atoms with Gasteiger partial charge in [0.1, 0.15) is 23.5 Å². The molecule has 0 saturated heterocycles. The number of aromatic nitrogens is 2. The summed E-state index contributed by atoms with van der Waals surface area (Å²) >= 11 is 0. The van der Waals surface area contributed by atoms with E-state index >= 15 is 0 Å². The number of halogens is 1. The summed E-state index contributed by atoms with van der Waals surface area (Å²) in [6, 6.07) is 12.6. The molecule has 4 aromatic rings. The third kappa shape index (κ3) is 3.62. The van der Waals surface area contributed by atoms with Crippen LogP contribution >= 0.6 is 0 Å². The Balaban J connectivity index is 0.00000109. The summed E-state index contributed by atoms with van der Waals surface area (Å²) in [4.78, 5) is 19.4. The molecule has 3 heterocycles. The highest BCUT2D eigenvalue weighted by Gasteiger charge is 2.15. The fourth-order valence-corrected chi connectivity index (χ4v) is 2.71. The first-order valence-electron chi connectivity index (χ1n) is 8.69. The lowest BCUT2D eigenvalue weighted by atomic mass is 10.1. The minimum Gasteiger partial charge on any atom is -0.446 e. The molecule has 0 fully saturated rings. The molecular formula is C21H17FN4O2. The van der Waals surface area contributed by atoms with Gasteiger partial charge in [0.25, 0.3) is 5.56 Å². The van der Waals surface area contributed by atoms with E-state index < -0.39 is 0 Å². The van der Waals surface area contributed by atoms with Crippen LogP contribution in [0.5, 0.6) is 0 Å². The summed E-state index contributed by atoms with van der Waals surface area (Å²) in [5, 5.41) is 12.9. The van der Waals surface area contributed by atoms with E-state index in [1.54, 1.807) is 36.5 Å². The molecule has 7 heteroatoms. The van der Waals surface area contributed by atoms with E-state index in [2.05, 4.69) is 15.3 Å². The van der Waals surface area contributed by atoms with Crippen LogP contribution in [0.4, 0.5) is 15.9 Å².